The Labute approximate surface area is 335 Å². The van der Waals surface area contributed by atoms with E-state index in [0.717, 1.165) is 64.4 Å². The molecule has 3 aliphatic carbocycles. The average molecular weight is 737 g/mol. The summed E-state index contributed by atoms with van der Waals surface area (Å²) >= 11 is 0. The molecule has 3 heterocycles. The van der Waals surface area contributed by atoms with Crippen LogP contribution >= 0.6 is 0 Å². The quantitative estimate of drug-likeness (QED) is 0.153. The number of benzene rings is 4. The monoisotopic (exact) mass is 736 g/mol. The fourth-order valence-electron chi connectivity index (χ4n) is 9.12. The molecule has 0 bridgehead atoms. The van der Waals surface area contributed by atoms with E-state index in [1.165, 1.54) is 33.2 Å². The minimum absolute atomic E-state index is 0.297. The average Bonchev–Trinajstić information content (AvgIpc) is 3.29. The number of aromatic nitrogens is 3. The summed E-state index contributed by atoms with van der Waals surface area (Å²) < 4.78 is 0. The summed E-state index contributed by atoms with van der Waals surface area (Å²) in [6.07, 6.45) is 29.7. The Kier molecular flexibility index (Phi) is 9.31. The van der Waals surface area contributed by atoms with Gasteiger partial charge in [-0.05, 0) is 100 Å². The van der Waals surface area contributed by atoms with E-state index in [1.54, 1.807) is 0 Å². The van der Waals surface area contributed by atoms with E-state index < -0.39 is 0 Å². The molecule has 0 radical (unpaired) electrons. The lowest BCUT2D eigenvalue weighted by molar-refractivity contribution is 0.426. The summed E-state index contributed by atoms with van der Waals surface area (Å²) in [5.74, 6) is 2.60. The largest absolute Gasteiger partial charge is 0.265 e. The van der Waals surface area contributed by atoms with Crippen LogP contribution in [0, 0.1) is 23.7 Å². The van der Waals surface area contributed by atoms with Gasteiger partial charge in [0.25, 0.3) is 0 Å². The van der Waals surface area contributed by atoms with Gasteiger partial charge in [0.05, 0.1) is 17.1 Å². The second kappa shape index (κ2) is 15.2. The number of pyridine rings is 1. The molecule has 0 spiro atoms. The van der Waals surface area contributed by atoms with Crippen LogP contribution in [-0.2, 0) is 0 Å². The van der Waals surface area contributed by atoms with Crippen molar-refractivity contribution in [1.29, 1.82) is 0 Å². The summed E-state index contributed by atoms with van der Waals surface area (Å²) in [5.41, 5.74) is 12.0. The zero-order chi connectivity index (χ0) is 38.1. The molecule has 2 aromatic heterocycles. The summed E-state index contributed by atoms with van der Waals surface area (Å²) in [6, 6.07) is 39.2. The van der Waals surface area contributed by atoms with Gasteiger partial charge in [-0.3, -0.25) is 9.98 Å². The minimum atomic E-state index is 0.297. The predicted octanol–water partition coefficient (Wildman–Crippen LogP) is 13.0. The van der Waals surface area contributed by atoms with Crippen LogP contribution < -0.4 is 0 Å². The highest BCUT2D eigenvalue weighted by atomic mass is 14.9. The van der Waals surface area contributed by atoms with Crippen LogP contribution in [0.2, 0.25) is 0 Å². The lowest BCUT2D eigenvalue weighted by Gasteiger charge is -2.33. The van der Waals surface area contributed by atoms with Crippen molar-refractivity contribution in [2.24, 2.45) is 28.7 Å². The van der Waals surface area contributed by atoms with Gasteiger partial charge >= 0.3 is 0 Å². The van der Waals surface area contributed by atoms with Gasteiger partial charge < -0.3 is 0 Å². The van der Waals surface area contributed by atoms with E-state index in [9.17, 15) is 0 Å². The van der Waals surface area contributed by atoms with Crippen molar-refractivity contribution in [2.45, 2.75) is 32.1 Å². The molecular formula is C53H44N4. The molecule has 4 aliphatic rings. The number of fused-ring (bicyclic) bond motifs is 2. The maximum atomic E-state index is 5.41. The van der Waals surface area contributed by atoms with Crippen molar-refractivity contribution in [2.75, 3.05) is 0 Å². The van der Waals surface area contributed by atoms with Crippen LogP contribution in [-0.4, -0.2) is 20.7 Å². The summed E-state index contributed by atoms with van der Waals surface area (Å²) in [5, 5.41) is 2.48. The summed E-state index contributed by atoms with van der Waals surface area (Å²) in [4.78, 5) is 20.2. The Morgan fingerprint density at radius 3 is 2.26 bits per heavy atom. The molecule has 4 nitrogen and oxygen atoms in total. The van der Waals surface area contributed by atoms with Gasteiger partial charge in [0.1, 0.15) is 0 Å². The van der Waals surface area contributed by atoms with Crippen LogP contribution in [0.1, 0.15) is 43.4 Å². The van der Waals surface area contributed by atoms with E-state index in [4.69, 9.17) is 15.0 Å². The molecule has 57 heavy (non-hydrogen) atoms. The fraction of sp³-hybridized carbons (Fsp3) is 0.170. The third kappa shape index (κ3) is 6.97. The first-order chi connectivity index (χ1) is 28.1. The van der Waals surface area contributed by atoms with Crippen LogP contribution in [0.3, 0.4) is 0 Å². The highest BCUT2D eigenvalue weighted by Crippen LogP contribution is 2.44. The molecule has 276 valence electrons. The highest BCUT2D eigenvalue weighted by molar-refractivity contribution is 5.97. The third-order valence-electron chi connectivity index (χ3n) is 12.1. The van der Waals surface area contributed by atoms with Gasteiger partial charge in [0.2, 0.25) is 0 Å². The zero-order valence-electron chi connectivity index (χ0n) is 32.1. The molecule has 5 unspecified atom stereocenters. The SMILES string of the molecule is CC1CC=CN=C1C1C=CC(c2cc(-c3ccc(-c4ccccn4)cc3)nc(-c3cc(-c4cccc5ccccc45)cc(C4CC=CC5C=CC=CC54)c3)n2)=CC1. The molecule has 0 saturated heterocycles. The molecule has 10 rings (SSSR count). The van der Waals surface area contributed by atoms with E-state index in [2.05, 4.69) is 164 Å². The van der Waals surface area contributed by atoms with Crippen molar-refractivity contribution in [1.82, 2.24) is 15.0 Å². The molecule has 0 N–H and O–H groups in total. The normalized spacial score (nSPS) is 22.3. The molecule has 6 aromatic rings. The summed E-state index contributed by atoms with van der Waals surface area (Å²) in [6.45, 7) is 2.28. The lowest BCUT2D eigenvalue weighted by atomic mass is 9.70. The smallest absolute Gasteiger partial charge is 0.160 e. The molecular weight excluding hydrogens is 693 g/mol. The maximum Gasteiger partial charge on any atom is 0.160 e. The van der Waals surface area contributed by atoms with Gasteiger partial charge in [-0.2, -0.15) is 0 Å². The number of allylic oxidation sites excluding steroid dienone is 11. The molecule has 0 saturated carbocycles. The Morgan fingerprint density at radius 1 is 0.614 bits per heavy atom. The molecule has 0 fully saturated rings. The van der Waals surface area contributed by atoms with Gasteiger partial charge in [0.15, 0.2) is 5.82 Å². The third-order valence-corrected chi connectivity index (χ3v) is 12.1. The molecule has 0 amide bonds. The van der Waals surface area contributed by atoms with Crippen molar-refractivity contribution in [3.8, 4) is 45.0 Å². The molecule has 1 aliphatic heterocycles. The number of rotatable bonds is 7. The molecule has 5 atom stereocenters. The van der Waals surface area contributed by atoms with Crippen molar-refractivity contribution >= 4 is 22.1 Å². The maximum absolute atomic E-state index is 5.41. The van der Waals surface area contributed by atoms with E-state index in [-0.39, 0.29) is 0 Å². The Hall–Kier alpha value is -6.52. The number of nitrogens with zero attached hydrogens (tertiary/aromatic N) is 4. The molecule has 4 aromatic carbocycles. The van der Waals surface area contributed by atoms with Crippen LogP contribution in [0.5, 0.6) is 0 Å². The number of hydrogen-bond acceptors (Lipinski definition) is 4. The van der Waals surface area contributed by atoms with Crippen LogP contribution in [0.4, 0.5) is 0 Å². The lowest BCUT2D eigenvalue weighted by Crippen LogP contribution is -2.22. The standard InChI is InChI=1S/C53H44N4/c1-35-11-10-30-55-52(35)41-27-25-40(26-28-41)51-34-50(39-23-21-38(22-24-39)49-20-6-7-29-54-49)56-53(57-51)44-32-42(47-18-8-14-36-12-2-4-16-45(36)47)31-43(33-44)48-19-9-15-37-13-3-5-17-46(37)48/h2-10,12-18,20-27,29-35,37,41,46,48H,11,19,28H2,1H3. The first-order valence-electron chi connectivity index (χ1n) is 20.3. The predicted molar refractivity (Wildman–Crippen MR) is 236 cm³/mol. The topological polar surface area (TPSA) is 51.0 Å². The van der Waals surface area contributed by atoms with Gasteiger partial charge in [0, 0.05) is 46.6 Å². The van der Waals surface area contributed by atoms with Crippen molar-refractivity contribution in [3.05, 3.63) is 194 Å². The van der Waals surface area contributed by atoms with Crippen molar-refractivity contribution in [3.63, 3.8) is 0 Å². The van der Waals surface area contributed by atoms with E-state index >= 15 is 0 Å². The van der Waals surface area contributed by atoms with Crippen molar-refractivity contribution < 1.29 is 0 Å². The van der Waals surface area contributed by atoms with E-state index in [0.29, 0.717) is 29.6 Å². The van der Waals surface area contributed by atoms with Crippen LogP contribution in [0.15, 0.2) is 187 Å². The number of hydrogen-bond donors (Lipinski definition) is 0. The van der Waals surface area contributed by atoms with Gasteiger partial charge in [-0.15, -0.1) is 0 Å². The second-order valence-electron chi connectivity index (χ2n) is 15.8. The second-order valence-corrected chi connectivity index (χ2v) is 15.8. The zero-order valence-corrected chi connectivity index (χ0v) is 32.1. The Bertz CT molecular complexity index is 2690. The fourth-order valence-corrected chi connectivity index (χ4v) is 9.12. The van der Waals surface area contributed by atoms with Crippen LogP contribution in [0.25, 0.3) is 61.4 Å². The summed E-state index contributed by atoms with van der Waals surface area (Å²) in [7, 11) is 0. The number of aliphatic imine (C=N–C) groups is 1. The van der Waals surface area contributed by atoms with E-state index in [1.807, 2.05) is 30.6 Å². The first kappa shape index (κ1) is 34.9. The van der Waals surface area contributed by atoms with Gasteiger partial charge in [-0.1, -0.05) is 147 Å². The highest BCUT2D eigenvalue weighted by Gasteiger charge is 2.30. The van der Waals surface area contributed by atoms with Gasteiger partial charge in [-0.25, -0.2) is 9.97 Å². The minimum Gasteiger partial charge on any atom is -0.265 e. The Morgan fingerprint density at radius 2 is 1.42 bits per heavy atom. The molecule has 4 heteroatoms. The first-order valence-corrected chi connectivity index (χ1v) is 20.3. The Balaban J connectivity index is 1.12.